The van der Waals surface area contributed by atoms with Gasteiger partial charge in [-0.15, -0.1) is 0 Å². The Hall–Kier alpha value is -19.0. The van der Waals surface area contributed by atoms with Crippen molar-refractivity contribution in [2.45, 2.75) is 19.3 Å². The van der Waals surface area contributed by atoms with Crippen molar-refractivity contribution < 1.29 is 13.3 Å². The Labute approximate surface area is 813 Å². The summed E-state index contributed by atoms with van der Waals surface area (Å²) in [6.07, 6.45) is 0. The molecule has 0 amide bonds. The minimum Gasteiger partial charge on any atom is -0.456 e. The number of para-hydroxylation sites is 3. The number of fused-ring (bicyclic) bond motifs is 19. The lowest BCUT2D eigenvalue weighted by molar-refractivity contribution is 0.663. The van der Waals surface area contributed by atoms with Gasteiger partial charge in [0, 0.05) is 108 Å². The van der Waals surface area contributed by atoms with Crippen LogP contribution in [0.15, 0.2) is 432 Å². The van der Waals surface area contributed by atoms with Crippen LogP contribution in [-0.2, 0) is 5.41 Å². The van der Waals surface area contributed by atoms with Gasteiger partial charge in [-0.1, -0.05) is 329 Å². The van der Waals surface area contributed by atoms with Crippen molar-refractivity contribution in [1.29, 1.82) is 0 Å². The van der Waals surface area contributed by atoms with E-state index in [-0.39, 0.29) is 5.41 Å². The van der Waals surface area contributed by atoms with Crippen molar-refractivity contribution >= 4 is 250 Å². The van der Waals surface area contributed by atoms with Crippen LogP contribution < -0.4 is 0 Å². The lowest BCUT2D eigenvalue weighted by Crippen LogP contribution is -2.17. The number of benzene rings is 21. The maximum Gasteiger partial charge on any atom is 0.235 e. The van der Waals surface area contributed by atoms with Crippen LogP contribution in [-0.4, -0.2) is 43.6 Å². The van der Waals surface area contributed by atoms with Gasteiger partial charge >= 0.3 is 0 Å². The van der Waals surface area contributed by atoms with Crippen molar-refractivity contribution in [3.05, 3.63) is 430 Å². The van der Waals surface area contributed by atoms with Crippen LogP contribution in [0.1, 0.15) is 25.0 Å². The molecule has 0 saturated heterocycles. The molecule has 0 aliphatic heterocycles. The summed E-state index contributed by atoms with van der Waals surface area (Å²) in [5, 5.41) is 36.3. The molecule has 0 fully saturated rings. The number of rotatable bonds is 6. The van der Waals surface area contributed by atoms with Crippen molar-refractivity contribution in [3.63, 3.8) is 0 Å². The standard InChI is InChI=1S/C47H29N3O.2C42H23N3O/c1-47(2)34-20-10-8-17-29(34)33-25-32-28-16-7-6-15-27(28)30-19-12-22-37-39(30)42-38(51-37)24-23-36-41(42)40(32)45(43(33)47)50(36)46-48-35-21-11-9-18-31(35)44(49-46)26-13-4-3-5-14-26;1-2-10-24(11-3-1)41-29-14-6-7-17-32(29)43-42(44-41)45-33-18-8-15-27-30-22-25-12-4-5-13-26(25)23-31(30)28-16-9-19-35-38(28)40-36(46-35)21-20-34(45)39(40)37(27)33;1-2-11-24(12-3-1)40-30-17-8-9-19-32(30)43-42(44-40)45-33-21-22-35-39-36-29(18-10-20-34(36)46-35)27-15-6-7-16-28(27)31-23-25-13-4-5-14-26(25)41(45)37(31)38(33)39/h3-25H,1-2H3;2*1-23H. The first-order chi connectivity index (χ1) is 70.7. The Balaban J connectivity index is 0.0000000964. The molecule has 0 N–H and O–H groups in total. The number of furan rings is 3. The first kappa shape index (κ1) is 78.0. The molecule has 662 valence electrons. The third-order valence-electron chi connectivity index (χ3n) is 31.0. The molecule has 1 aliphatic carbocycles. The predicted molar refractivity (Wildman–Crippen MR) is 591 cm³/mol. The van der Waals surface area contributed by atoms with Crippen LogP contribution in [0.2, 0.25) is 0 Å². The van der Waals surface area contributed by atoms with Gasteiger partial charge in [0.2, 0.25) is 17.8 Å². The van der Waals surface area contributed by atoms with E-state index in [2.05, 4.69) is 428 Å². The average molecular weight is 1820 g/mol. The lowest BCUT2D eigenvalue weighted by Gasteiger charge is -2.24. The predicted octanol–water partition coefficient (Wildman–Crippen LogP) is 34.7. The third-order valence-corrected chi connectivity index (χ3v) is 31.0. The highest BCUT2D eigenvalue weighted by atomic mass is 16.3. The summed E-state index contributed by atoms with van der Waals surface area (Å²) in [7, 11) is 0. The minimum atomic E-state index is -0.277. The van der Waals surface area contributed by atoms with Crippen LogP contribution in [0.5, 0.6) is 0 Å². The minimum absolute atomic E-state index is 0.277. The molecular formula is C131H75N9O3. The molecule has 9 heterocycles. The number of aromatic nitrogens is 9. The second-order valence-electron chi connectivity index (χ2n) is 38.8. The third kappa shape index (κ3) is 10.8. The smallest absolute Gasteiger partial charge is 0.235 e. The second kappa shape index (κ2) is 29.0. The zero-order valence-electron chi connectivity index (χ0n) is 77.1. The van der Waals surface area contributed by atoms with Crippen LogP contribution in [0.25, 0.3) is 313 Å². The molecule has 34 rings (SSSR count). The molecule has 0 saturated carbocycles. The summed E-state index contributed by atoms with van der Waals surface area (Å²) in [6.45, 7) is 4.74. The first-order valence-corrected chi connectivity index (χ1v) is 48.8. The second-order valence-corrected chi connectivity index (χ2v) is 38.8. The van der Waals surface area contributed by atoms with E-state index in [4.69, 9.17) is 43.2 Å². The largest absolute Gasteiger partial charge is 0.456 e. The zero-order chi connectivity index (χ0) is 93.5. The molecule has 9 aromatic heterocycles. The van der Waals surface area contributed by atoms with Gasteiger partial charge < -0.3 is 13.3 Å². The lowest BCUT2D eigenvalue weighted by atomic mass is 9.81. The molecule has 0 bridgehead atoms. The van der Waals surface area contributed by atoms with E-state index in [1.54, 1.807) is 0 Å². The molecule has 143 heavy (non-hydrogen) atoms. The fourth-order valence-electron chi connectivity index (χ4n) is 25.1. The zero-order valence-corrected chi connectivity index (χ0v) is 77.1. The fraction of sp³-hybridized carbons (Fsp3) is 0.0229. The van der Waals surface area contributed by atoms with Crippen LogP contribution in [0, 0.1) is 0 Å². The van der Waals surface area contributed by atoms with Gasteiger partial charge in [-0.25, -0.2) is 29.9 Å². The summed E-state index contributed by atoms with van der Waals surface area (Å²) in [6, 6.07) is 149. The fourth-order valence-corrected chi connectivity index (χ4v) is 25.1. The van der Waals surface area contributed by atoms with E-state index in [1.807, 2.05) is 18.2 Å². The van der Waals surface area contributed by atoms with Crippen LogP contribution in [0.3, 0.4) is 0 Å². The molecule has 0 radical (unpaired) electrons. The van der Waals surface area contributed by atoms with Crippen LogP contribution >= 0.6 is 0 Å². The van der Waals surface area contributed by atoms with Gasteiger partial charge in [-0.2, -0.15) is 0 Å². The highest BCUT2D eigenvalue weighted by Gasteiger charge is 2.41. The van der Waals surface area contributed by atoms with Gasteiger partial charge in [0.25, 0.3) is 0 Å². The van der Waals surface area contributed by atoms with E-state index < -0.39 is 0 Å². The van der Waals surface area contributed by atoms with Gasteiger partial charge in [0.1, 0.15) is 33.5 Å². The van der Waals surface area contributed by atoms with Gasteiger partial charge in [-0.3, -0.25) is 13.7 Å². The molecule has 12 heteroatoms. The van der Waals surface area contributed by atoms with Gasteiger partial charge in [0.15, 0.2) is 0 Å². The quantitative estimate of drug-likeness (QED) is 0.160. The van der Waals surface area contributed by atoms with E-state index in [9.17, 15) is 0 Å². The van der Waals surface area contributed by atoms with E-state index >= 15 is 0 Å². The molecule has 33 aromatic rings. The van der Waals surface area contributed by atoms with Crippen LogP contribution in [0.4, 0.5) is 0 Å². The average Bonchev–Trinajstić information content (AvgIpc) is 1.50. The first-order valence-electron chi connectivity index (χ1n) is 48.8. The Morgan fingerprint density at radius 1 is 0.196 bits per heavy atom. The summed E-state index contributed by atoms with van der Waals surface area (Å²) in [4.78, 5) is 32.1. The molecular weight excluding hydrogens is 1750 g/mol. The number of hydrogen-bond donors (Lipinski definition) is 0. The topological polar surface area (TPSA) is 132 Å². The Bertz CT molecular complexity index is 11300. The maximum absolute atomic E-state index is 6.68. The van der Waals surface area contributed by atoms with Gasteiger partial charge in [0.05, 0.1) is 66.7 Å². The Kier molecular flexibility index (Phi) is 15.8. The van der Waals surface area contributed by atoms with Crippen molar-refractivity contribution in [3.8, 4) is 62.7 Å². The number of hydrogen-bond acceptors (Lipinski definition) is 9. The summed E-state index contributed by atoms with van der Waals surface area (Å²) >= 11 is 0. The molecule has 12 nitrogen and oxygen atoms in total. The van der Waals surface area contributed by atoms with Crippen molar-refractivity contribution in [2.75, 3.05) is 0 Å². The van der Waals surface area contributed by atoms with Crippen molar-refractivity contribution in [1.82, 2.24) is 43.6 Å². The monoisotopic (exact) mass is 1820 g/mol. The summed E-state index contributed by atoms with van der Waals surface area (Å²) in [5.74, 6) is 1.97. The normalized spacial score (nSPS) is 12.9. The molecule has 0 spiro atoms. The van der Waals surface area contributed by atoms with E-state index in [0.717, 1.165) is 171 Å². The Morgan fingerprint density at radius 2 is 0.517 bits per heavy atom. The molecule has 0 unspecified atom stereocenters. The maximum atomic E-state index is 6.68. The molecule has 0 atom stereocenters. The SMILES string of the molecule is CC1(C)c2ccccc2-c2cc3c4ccccc4c4cccc5oc6ccc7c(c6c54)c3c(c21)n7-c1nc(-c2ccccc2)c2ccccc2n1.c1ccc(-c2nc(-n3c4ccc5oc6cccc7c8ccccc8c8cc9ccccc9c3c8c4c5c67)nc3ccccc23)cc1.c1ccc(-c2nc(-n3c4cccc5c6cc7ccccc7cc6c6cccc7oc8ccc3c(c8c76)c54)nc3ccccc23)cc1. The van der Waals surface area contributed by atoms with Crippen molar-refractivity contribution in [2.24, 2.45) is 0 Å². The van der Waals surface area contributed by atoms with E-state index in [0.29, 0.717) is 17.8 Å². The highest BCUT2D eigenvalue weighted by Crippen LogP contribution is 2.59. The molecule has 24 aromatic carbocycles. The molecule has 1 aliphatic rings. The van der Waals surface area contributed by atoms with E-state index in [1.165, 1.54) is 135 Å². The Morgan fingerprint density at radius 3 is 0.993 bits per heavy atom. The highest BCUT2D eigenvalue weighted by molar-refractivity contribution is 6.44. The summed E-state index contributed by atoms with van der Waals surface area (Å²) in [5.41, 5.74) is 25.5. The van der Waals surface area contributed by atoms with Gasteiger partial charge in [-0.05, 0) is 206 Å². The summed E-state index contributed by atoms with van der Waals surface area (Å²) < 4.78 is 26.8. The number of nitrogens with zero attached hydrogens (tertiary/aromatic N) is 9.